The fourth-order valence-electron chi connectivity index (χ4n) is 1.82. The molecule has 0 radical (unpaired) electrons. The number of carbonyl (C=O) groups excluding carboxylic acids is 1. The van der Waals surface area contributed by atoms with Crippen molar-refractivity contribution in [2.45, 2.75) is 13.8 Å². The number of amides is 1. The molecule has 8 heteroatoms. The van der Waals surface area contributed by atoms with Gasteiger partial charge in [0.05, 0.1) is 15.5 Å². The second kappa shape index (κ2) is 5.87. The summed E-state index contributed by atoms with van der Waals surface area (Å²) in [6.07, 6.45) is 0. The summed E-state index contributed by atoms with van der Waals surface area (Å²) in [5.41, 5.74) is 0.476. The molecular weight excluding hydrogens is 310 g/mol. The largest absolute Gasteiger partial charge is 0.444 e. The van der Waals surface area contributed by atoms with Crippen LogP contribution in [-0.2, 0) is 0 Å². The Hall–Kier alpha value is -2.85. The van der Waals surface area contributed by atoms with Gasteiger partial charge in [0.25, 0.3) is 11.6 Å². The zero-order valence-electron chi connectivity index (χ0n) is 11.6. The first kappa shape index (κ1) is 15.5. The van der Waals surface area contributed by atoms with Gasteiger partial charge in [-0.2, -0.15) is 5.26 Å². The van der Waals surface area contributed by atoms with Crippen molar-refractivity contribution in [1.29, 1.82) is 5.26 Å². The Kier molecular flexibility index (Phi) is 4.15. The van der Waals surface area contributed by atoms with Gasteiger partial charge in [-0.05, 0) is 19.9 Å². The Morgan fingerprint density at radius 3 is 2.73 bits per heavy atom. The quantitative estimate of drug-likeness (QED) is 0.686. The van der Waals surface area contributed by atoms with Gasteiger partial charge in [0, 0.05) is 17.7 Å². The zero-order valence-corrected chi connectivity index (χ0v) is 12.4. The van der Waals surface area contributed by atoms with E-state index in [1.54, 1.807) is 13.8 Å². The molecule has 112 valence electrons. The Morgan fingerprint density at radius 2 is 2.14 bits per heavy atom. The third-order valence-electron chi connectivity index (χ3n) is 3.13. The molecule has 0 unspecified atom stereocenters. The van der Waals surface area contributed by atoms with Crippen LogP contribution in [0.5, 0.6) is 0 Å². The van der Waals surface area contributed by atoms with Gasteiger partial charge >= 0.3 is 0 Å². The van der Waals surface area contributed by atoms with Gasteiger partial charge in [0.15, 0.2) is 0 Å². The number of halogens is 1. The van der Waals surface area contributed by atoms with Crippen LogP contribution in [0.2, 0.25) is 5.02 Å². The minimum atomic E-state index is -0.695. The van der Waals surface area contributed by atoms with E-state index < -0.39 is 10.8 Å². The molecule has 2 rings (SSSR count). The summed E-state index contributed by atoms with van der Waals surface area (Å²) in [6.45, 7) is 3.35. The summed E-state index contributed by atoms with van der Waals surface area (Å²) < 4.78 is 5.31. The van der Waals surface area contributed by atoms with Crippen molar-refractivity contribution in [1.82, 2.24) is 0 Å². The van der Waals surface area contributed by atoms with Crippen LogP contribution < -0.4 is 5.32 Å². The van der Waals surface area contributed by atoms with Crippen LogP contribution in [0, 0.1) is 35.3 Å². The summed E-state index contributed by atoms with van der Waals surface area (Å²) >= 11 is 5.89. The first-order valence-electron chi connectivity index (χ1n) is 6.10. The average molecular weight is 320 g/mol. The highest BCUT2D eigenvalue weighted by Crippen LogP contribution is 2.27. The summed E-state index contributed by atoms with van der Waals surface area (Å²) in [7, 11) is 0. The molecule has 0 bridgehead atoms. The molecule has 1 aromatic heterocycles. The third kappa shape index (κ3) is 2.77. The standard InChI is InChI=1S/C14H10ClN3O4/c1-7-8(2)22-14(11(7)6-16)17-13(19)10-5-9(18(20)21)3-4-12(10)15/h3-5H,1-2H3,(H,17,19). The number of hydrogen-bond donors (Lipinski definition) is 1. The molecule has 0 aliphatic heterocycles. The number of nitrogens with one attached hydrogen (secondary N) is 1. The summed E-state index contributed by atoms with van der Waals surface area (Å²) in [6, 6.07) is 5.46. The second-order valence-electron chi connectivity index (χ2n) is 4.47. The minimum Gasteiger partial charge on any atom is -0.444 e. The predicted molar refractivity (Wildman–Crippen MR) is 79.0 cm³/mol. The molecular formula is C14H10ClN3O4. The molecule has 0 spiro atoms. The number of nitro groups is 1. The molecule has 0 saturated heterocycles. The SMILES string of the molecule is Cc1oc(NC(=O)c2cc([N+](=O)[O-])ccc2Cl)c(C#N)c1C. The first-order chi connectivity index (χ1) is 10.3. The van der Waals surface area contributed by atoms with Gasteiger partial charge in [0.1, 0.15) is 17.4 Å². The number of rotatable bonds is 3. The normalized spacial score (nSPS) is 10.1. The lowest BCUT2D eigenvalue weighted by Gasteiger charge is -2.04. The van der Waals surface area contributed by atoms with Crippen molar-refractivity contribution in [3.8, 4) is 6.07 Å². The number of anilines is 1. The van der Waals surface area contributed by atoms with Crippen LogP contribution in [-0.4, -0.2) is 10.8 Å². The summed E-state index contributed by atoms with van der Waals surface area (Å²) in [5.74, 6) is -0.207. The molecule has 22 heavy (non-hydrogen) atoms. The Labute approximate surface area is 130 Å². The van der Waals surface area contributed by atoms with Crippen LogP contribution in [0.3, 0.4) is 0 Å². The van der Waals surface area contributed by atoms with Crippen molar-refractivity contribution < 1.29 is 14.1 Å². The van der Waals surface area contributed by atoms with E-state index in [0.29, 0.717) is 11.3 Å². The summed E-state index contributed by atoms with van der Waals surface area (Å²) in [4.78, 5) is 22.3. The highest BCUT2D eigenvalue weighted by Gasteiger charge is 2.20. The predicted octanol–water partition coefficient (Wildman–Crippen LogP) is 3.58. The molecule has 0 atom stereocenters. The van der Waals surface area contributed by atoms with E-state index in [1.807, 2.05) is 6.07 Å². The van der Waals surface area contributed by atoms with Gasteiger partial charge in [0.2, 0.25) is 5.88 Å². The van der Waals surface area contributed by atoms with Crippen molar-refractivity contribution >= 4 is 29.1 Å². The maximum absolute atomic E-state index is 12.2. The van der Waals surface area contributed by atoms with E-state index >= 15 is 0 Å². The number of nitrogens with zero attached hydrogens (tertiary/aromatic N) is 2. The maximum atomic E-state index is 12.2. The van der Waals surface area contributed by atoms with Crippen molar-refractivity contribution in [3.63, 3.8) is 0 Å². The molecule has 1 heterocycles. The number of carbonyl (C=O) groups is 1. The van der Waals surface area contributed by atoms with Gasteiger partial charge in [-0.15, -0.1) is 0 Å². The van der Waals surface area contributed by atoms with E-state index in [2.05, 4.69) is 5.32 Å². The van der Waals surface area contributed by atoms with Crippen molar-refractivity contribution in [2.24, 2.45) is 0 Å². The van der Waals surface area contributed by atoms with Gasteiger partial charge in [-0.1, -0.05) is 11.6 Å². The molecule has 2 aromatic rings. The number of nitro benzene ring substituents is 1. The Bertz CT molecular complexity index is 820. The molecule has 1 aromatic carbocycles. The Morgan fingerprint density at radius 1 is 1.45 bits per heavy atom. The fourth-order valence-corrected chi connectivity index (χ4v) is 2.02. The number of hydrogen-bond acceptors (Lipinski definition) is 5. The van der Waals surface area contributed by atoms with Gasteiger partial charge in [-0.3, -0.25) is 20.2 Å². The maximum Gasteiger partial charge on any atom is 0.270 e. The molecule has 7 nitrogen and oxygen atoms in total. The molecule has 0 aliphatic carbocycles. The Balaban J connectivity index is 2.38. The second-order valence-corrected chi connectivity index (χ2v) is 4.88. The van der Waals surface area contributed by atoms with Crippen LogP contribution in [0.4, 0.5) is 11.6 Å². The molecule has 1 N–H and O–H groups in total. The number of furan rings is 1. The lowest BCUT2D eigenvalue weighted by Crippen LogP contribution is -2.13. The number of nitriles is 1. The van der Waals surface area contributed by atoms with E-state index in [1.165, 1.54) is 12.1 Å². The van der Waals surface area contributed by atoms with Crippen molar-refractivity contribution in [2.75, 3.05) is 5.32 Å². The first-order valence-corrected chi connectivity index (χ1v) is 6.48. The van der Waals surface area contributed by atoms with Crippen LogP contribution in [0.25, 0.3) is 0 Å². The number of benzene rings is 1. The lowest BCUT2D eigenvalue weighted by molar-refractivity contribution is -0.384. The molecule has 1 amide bonds. The van der Waals surface area contributed by atoms with Crippen molar-refractivity contribution in [3.05, 3.63) is 55.8 Å². The molecule has 0 aliphatic rings. The zero-order chi connectivity index (χ0) is 16.4. The van der Waals surface area contributed by atoms with E-state index in [9.17, 15) is 14.9 Å². The van der Waals surface area contributed by atoms with Crippen LogP contribution >= 0.6 is 11.6 Å². The third-order valence-corrected chi connectivity index (χ3v) is 3.46. The number of non-ortho nitro benzene ring substituents is 1. The molecule has 0 saturated carbocycles. The number of aryl methyl sites for hydroxylation is 1. The van der Waals surface area contributed by atoms with E-state index in [4.69, 9.17) is 21.3 Å². The summed E-state index contributed by atoms with van der Waals surface area (Å²) in [5, 5.41) is 22.3. The van der Waals surface area contributed by atoms with Crippen LogP contribution in [0.1, 0.15) is 27.2 Å². The molecule has 0 fully saturated rings. The monoisotopic (exact) mass is 319 g/mol. The van der Waals surface area contributed by atoms with Gasteiger partial charge < -0.3 is 4.42 Å². The van der Waals surface area contributed by atoms with Crippen LogP contribution in [0.15, 0.2) is 22.6 Å². The van der Waals surface area contributed by atoms with E-state index in [-0.39, 0.29) is 27.7 Å². The smallest absolute Gasteiger partial charge is 0.270 e. The highest BCUT2D eigenvalue weighted by atomic mass is 35.5. The highest BCUT2D eigenvalue weighted by molar-refractivity contribution is 6.34. The minimum absolute atomic E-state index is 0.00919. The fraction of sp³-hybridized carbons (Fsp3) is 0.143. The topological polar surface area (TPSA) is 109 Å². The lowest BCUT2D eigenvalue weighted by atomic mass is 10.1. The van der Waals surface area contributed by atoms with Gasteiger partial charge in [-0.25, -0.2) is 0 Å². The average Bonchev–Trinajstić information content (AvgIpc) is 2.73. The van der Waals surface area contributed by atoms with E-state index in [0.717, 1.165) is 6.07 Å².